The van der Waals surface area contributed by atoms with Crippen LogP contribution < -0.4 is 5.32 Å². The molecule has 10 heavy (non-hydrogen) atoms. The van der Waals surface area contributed by atoms with Gasteiger partial charge in [-0.05, 0) is 37.1 Å². The summed E-state index contributed by atoms with van der Waals surface area (Å²) in [5.41, 5.74) is 0.785. The van der Waals surface area contributed by atoms with Crippen molar-refractivity contribution >= 4 is 0 Å². The van der Waals surface area contributed by atoms with E-state index in [4.69, 9.17) is 0 Å². The largest absolute Gasteiger partial charge is 0.316 e. The van der Waals surface area contributed by atoms with Gasteiger partial charge in [-0.25, -0.2) is 0 Å². The first-order valence-electron chi connectivity index (χ1n) is 4.58. The number of hydrogen-bond donors (Lipinski definition) is 1. The van der Waals surface area contributed by atoms with E-state index in [-0.39, 0.29) is 0 Å². The van der Waals surface area contributed by atoms with Gasteiger partial charge >= 0.3 is 0 Å². The van der Waals surface area contributed by atoms with E-state index >= 15 is 0 Å². The summed E-state index contributed by atoms with van der Waals surface area (Å²) in [6.45, 7) is 4.90. The predicted octanol–water partition coefficient (Wildman–Crippen LogP) is 1.79. The van der Waals surface area contributed by atoms with Crippen molar-refractivity contribution in [1.29, 1.82) is 0 Å². The maximum absolute atomic E-state index is 3.50. The third kappa shape index (κ3) is 0.878. The summed E-state index contributed by atoms with van der Waals surface area (Å²) < 4.78 is 0. The second-order valence-electron chi connectivity index (χ2n) is 3.95. The van der Waals surface area contributed by atoms with E-state index in [0.29, 0.717) is 0 Å². The minimum Gasteiger partial charge on any atom is -0.316 e. The van der Waals surface area contributed by atoms with Crippen LogP contribution in [0, 0.1) is 11.3 Å². The normalized spacial score (nSPS) is 45.9. The van der Waals surface area contributed by atoms with Gasteiger partial charge in [-0.3, -0.25) is 0 Å². The van der Waals surface area contributed by atoms with Crippen LogP contribution in [0.5, 0.6) is 0 Å². The second kappa shape index (κ2) is 2.23. The quantitative estimate of drug-likeness (QED) is 0.584. The van der Waals surface area contributed by atoms with Crippen LogP contribution in [0.3, 0.4) is 0 Å². The van der Waals surface area contributed by atoms with Crippen LogP contribution in [0.2, 0.25) is 0 Å². The molecule has 2 rings (SSSR count). The zero-order chi connectivity index (χ0) is 7.03. The van der Waals surface area contributed by atoms with Crippen LogP contribution in [0.1, 0.15) is 32.6 Å². The Kier molecular flexibility index (Phi) is 1.48. The Balaban J connectivity index is 1.92. The van der Waals surface area contributed by atoms with Crippen molar-refractivity contribution < 1.29 is 0 Å². The molecule has 0 aromatic heterocycles. The molecule has 1 heterocycles. The highest BCUT2D eigenvalue weighted by Crippen LogP contribution is 2.57. The van der Waals surface area contributed by atoms with E-state index in [1.54, 1.807) is 0 Å². The molecule has 1 nitrogen and oxygen atoms in total. The van der Waals surface area contributed by atoms with E-state index < -0.39 is 0 Å². The van der Waals surface area contributed by atoms with Crippen LogP contribution in [-0.2, 0) is 0 Å². The Morgan fingerprint density at radius 3 is 3.00 bits per heavy atom. The van der Waals surface area contributed by atoms with E-state index in [0.717, 1.165) is 11.3 Å². The Labute approximate surface area is 63.2 Å². The fraction of sp³-hybridized carbons (Fsp3) is 1.00. The molecule has 1 aliphatic heterocycles. The molecule has 0 aromatic carbocycles. The lowest BCUT2D eigenvalue weighted by Crippen LogP contribution is -2.32. The van der Waals surface area contributed by atoms with Gasteiger partial charge in [-0.15, -0.1) is 0 Å². The summed E-state index contributed by atoms with van der Waals surface area (Å²) in [5, 5.41) is 3.50. The maximum atomic E-state index is 3.50. The van der Waals surface area contributed by atoms with Gasteiger partial charge in [0.15, 0.2) is 0 Å². The SMILES string of the molecule is CCC1CC12CCCNC2. The van der Waals surface area contributed by atoms with Crippen molar-refractivity contribution in [2.45, 2.75) is 32.6 Å². The van der Waals surface area contributed by atoms with Crippen LogP contribution in [-0.4, -0.2) is 13.1 Å². The van der Waals surface area contributed by atoms with Gasteiger partial charge in [-0.2, -0.15) is 0 Å². The summed E-state index contributed by atoms with van der Waals surface area (Å²) in [6, 6.07) is 0. The van der Waals surface area contributed by atoms with E-state index in [9.17, 15) is 0 Å². The molecular formula is C9H17N. The Bertz CT molecular complexity index is 125. The number of hydrogen-bond acceptors (Lipinski definition) is 1. The molecule has 1 aliphatic carbocycles. The van der Waals surface area contributed by atoms with Crippen LogP contribution in [0.25, 0.3) is 0 Å². The van der Waals surface area contributed by atoms with Crippen LogP contribution in [0.15, 0.2) is 0 Å². The zero-order valence-electron chi connectivity index (χ0n) is 6.82. The third-order valence-electron chi connectivity index (χ3n) is 3.36. The molecule has 0 bridgehead atoms. The summed E-state index contributed by atoms with van der Waals surface area (Å²) in [6.07, 6.45) is 5.83. The molecule has 1 N–H and O–H groups in total. The van der Waals surface area contributed by atoms with Gasteiger partial charge in [0.1, 0.15) is 0 Å². The first kappa shape index (κ1) is 6.66. The Morgan fingerprint density at radius 1 is 1.60 bits per heavy atom. The standard InChI is InChI=1S/C9H17N/c1-2-8-6-9(8)4-3-5-10-7-9/h8,10H,2-7H2,1H3. The van der Waals surface area contributed by atoms with Crippen molar-refractivity contribution in [2.75, 3.05) is 13.1 Å². The van der Waals surface area contributed by atoms with Gasteiger partial charge in [0.05, 0.1) is 0 Å². The molecule has 2 atom stereocenters. The minimum absolute atomic E-state index is 0.785. The lowest BCUT2D eigenvalue weighted by molar-refractivity contribution is 0.325. The third-order valence-corrected chi connectivity index (χ3v) is 3.36. The molecule has 1 saturated carbocycles. The fourth-order valence-corrected chi connectivity index (χ4v) is 2.52. The van der Waals surface area contributed by atoms with Gasteiger partial charge in [0.2, 0.25) is 0 Å². The molecule has 0 radical (unpaired) electrons. The van der Waals surface area contributed by atoms with Crippen molar-refractivity contribution in [3.63, 3.8) is 0 Å². The molecule has 2 aliphatic rings. The Hall–Kier alpha value is -0.0400. The highest BCUT2D eigenvalue weighted by Gasteiger charge is 2.52. The smallest absolute Gasteiger partial charge is 0.00106 e. The highest BCUT2D eigenvalue weighted by atomic mass is 14.9. The lowest BCUT2D eigenvalue weighted by atomic mass is 9.93. The Morgan fingerprint density at radius 2 is 2.50 bits per heavy atom. The number of nitrogens with one attached hydrogen (secondary N) is 1. The molecule has 2 unspecified atom stereocenters. The molecule has 1 spiro atoms. The summed E-state index contributed by atoms with van der Waals surface area (Å²) in [7, 11) is 0. The van der Waals surface area contributed by atoms with Gasteiger partial charge in [0.25, 0.3) is 0 Å². The van der Waals surface area contributed by atoms with E-state index in [1.165, 1.54) is 38.8 Å². The van der Waals surface area contributed by atoms with Gasteiger partial charge in [-0.1, -0.05) is 13.3 Å². The predicted molar refractivity (Wildman–Crippen MR) is 42.9 cm³/mol. The van der Waals surface area contributed by atoms with Crippen LogP contribution in [0.4, 0.5) is 0 Å². The lowest BCUT2D eigenvalue weighted by Gasteiger charge is -2.23. The summed E-state index contributed by atoms with van der Waals surface area (Å²) in [4.78, 5) is 0. The highest BCUT2D eigenvalue weighted by molar-refractivity contribution is 5.04. The second-order valence-corrected chi connectivity index (χ2v) is 3.95. The van der Waals surface area contributed by atoms with Gasteiger partial charge in [0, 0.05) is 6.54 Å². The average Bonchev–Trinajstić information content (AvgIpc) is 2.65. The van der Waals surface area contributed by atoms with Gasteiger partial charge < -0.3 is 5.32 Å². The molecule has 0 amide bonds. The van der Waals surface area contributed by atoms with Crippen molar-refractivity contribution in [3.8, 4) is 0 Å². The molecule has 1 saturated heterocycles. The van der Waals surface area contributed by atoms with E-state index in [1.807, 2.05) is 0 Å². The maximum Gasteiger partial charge on any atom is 0.00106 e. The number of rotatable bonds is 1. The first-order chi connectivity index (χ1) is 4.87. The minimum atomic E-state index is 0.785. The summed E-state index contributed by atoms with van der Waals surface area (Å²) >= 11 is 0. The topological polar surface area (TPSA) is 12.0 Å². The monoisotopic (exact) mass is 139 g/mol. The fourth-order valence-electron chi connectivity index (χ4n) is 2.52. The van der Waals surface area contributed by atoms with Crippen molar-refractivity contribution in [1.82, 2.24) is 5.32 Å². The van der Waals surface area contributed by atoms with Crippen molar-refractivity contribution in [3.05, 3.63) is 0 Å². The molecule has 0 aromatic rings. The molecule has 58 valence electrons. The molecular weight excluding hydrogens is 122 g/mol. The van der Waals surface area contributed by atoms with E-state index in [2.05, 4.69) is 12.2 Å². The molecule has 2 fully saturated rings. The number of piperidine rings is 1. The molecule has 1 heteroatoms. The average molecular weight is 139 g/mol. The van der Waals surface area contributed by atoms with Crippen molar-refractivity contribution in [2.24, 2.45) is 11.3 Å². The summed E-state index contributed by atoms with van der Waals surface area (Å²) in [5.74, 6) is 1.07. The first-order valence-corrected chi connectivity index (χ1v) is 4.58. The van der Waals surface area contributed by atoms with Crippen LogP contribution >= 0.6 is 0 Å². The zero-order valence-corrected chi connectivity index (χ0v) is 6.82.